The van der Waals surface area contributed by atoms with Gasteiger partial charge in [-0.15, -0.1) is 0 Å². The highest BCUT2D eigenvalue weighted by Crippen LogP contribution is 2.29. The molecule has 2 aromatic carbocycles. The minimum atomic E-state index is -0.571. The average Bonchev–Trinajstić information content (AvgIpc) is 3.17. The zero-order chi connectivity index (χ0) is 19.5. The Kier molecular flexibility index (Phi) is 5.00. The molecule has 2 heterocycles. The molecule has 0 saturated carbocycles. The van der Waals surface area contributed by atoms with E-state index in [1.54, 1.807) is 19.2 Å². The maximum atomic E-state index is 10.1. The van der Waals surface area contributed by atoms with E-state index in [9.17, 15) is 10.2 Å². The van der Waals surface area contributed by atoms with Crippen molar-refractivity contribution >= 4 is 5.69 Å². The van der Waals surface area contributed by atoms with E-state index >= 15 is 0 Å². The molecule has 2 N–H and O–H groups in total. The number of nitrogens with zero attached hydrogens (tertiary/aromatic N) is 3. The zero-order valence-electron chi connectivity index (χ0n) is 15.7. The zero-order valence-corrected chi connectivity index (χ0v) is 15.7. The lowest BCUT2D eigenvalue weighted by molar-refractivity contribution is 0.178. The van der Waals surface area contributed by atoms with Gasteiger partial charge in [0.2, 0.25) is 0 Å². The van der Waals surface area contributed by atoms with Gasteiger partial charge in [-0.1, -0.05) is 48.5 Å². The number of aliphatic hydroxyl groups is 2. The minimum absolute atomic E-state index is 0.165. The van der Waals surface area contributed by atoms with Crippen LogP contribution in [0.1, 0.15) is 12.5 Å². The lowest BCUT2D eigenvalue weighted by atomic mass is 10.0. The lowest BCUT2D eigenvalue weighted by Gasteiger charge is -2.33. The summed E-state index contributed by atoms with van der Waals surface area (Å²) in [4.78, 5) is 1.89. The molecule has 3 aromatic rings. The van der Waals surface area contributed by atoms with Gasteiger partial charge < -0.3 is 15.1 Å². The summed E-state index contributed by atoms with van der Waals surface area (Å²) < 4.78 is 1.92. The highest BCUT2D eigenvalue weighted by atomic mass is 16.3. The summed E-state index contributed by atoms with van der Waals surface area (Å²) in [6.07, 6.45) is 8.39. The van der Waals surface area contributed by atoms with E-state index in [4.69, 9.17) is 0 Å². The molecule has 2 atom stereocenters. The van der Waals surface area contributed by atoms with Crippen LogP contribution in [0.4, 0.5) is 5.69 Å². The van der Waals surface area contributed by atoms with Crippen LogP contribution in [0.15, 0.2) is 91.1 Å². The van der Waals surface area contributed by atoms with Gasteiger partial charge in [-0.3, -0.25) is 4.68 Å². The summed E-state index contributed by atoms with van der Waals surface area (Å²) in [6.45, 7) is 2.47. The fourth-order valence-electron chi connectivity index (χ4n) is 3.42. The van der Waals surface area contributed by atoms with Crippen LogP contribution in [0.3, 0.4) is 0 Å². The van der Waals surface area contributed by atoms with Crippen LogP contribution in [0.25, 0.3) is 11.1 Å². The molecule has 0 spiro atoms. The summed E-state index contributed by atoms with van der Waals surface area (Å²) in [5, 5.41) is 24.5. The molecule has 0 amide bonds. The van der Waals surface area contributed by atoms with Gasteiger partial charge in [-0.2, -0.15) is 5.10 Å². The number of aliphatic hydroxyl groups excluding tert-OH is 2. The minimum Gasteiger partial charge on any atom is -0.506 e. The van der Waals surface area contributed by atoms with Crippen LogP contribution in [0.2, 0.25) is 0 Å². The smallest absolute Gasteiger partial charge is 0.131 e. The molecule has 4 rings (SSSR count). The van der Waals surface area contributed by atoms with Crippen LogP contribution in [-0.2, 0) is 6.54 Å². The average molecular weight is 373 g/mol. The van der Waals surface area contributed by atoms with Crippen molar-refractivity contribution in [3.63, 3.8) is 0 Å². The van der Waals surface area contributed by atoms with E-state index < -0.39 is 6.10 Å². The van der Waals surface area contributed by atoms with Gasteiger partial charge in [0.25, 0.3) is 0 Å². The fourth-order valence-corrected chi connectivity index (χ4v) is 3.42. The first kappa shape index (κ1) is 18.1. The first-order valence-electron chi connectivity index (χ1n) is 9.32. The largest absolute Gasteiger partial charge is 0.506 e. The molecule has 0 bridgehead atoms. The molecule has 0 fully saturated rings. The molecule has 2 unspecified atom stereocenters. The molecule has 5 heteroatoms. The van der Waals surface area contributed by atoms with Gasteiger partial charge in [0, 0.05) is 23.6 Å². The summed E-state index contributed by atoms with van der Waals surface area (Å²) in [5.41, 5.74) is 4.15. The normalized spacial score (nSPS) is 17.4. The van der Waals surface area contributed by atoms with Crippen LogP contribution < -0.4 is 4.90 Å². The van der Waals surface area contributed by atoms with Crippen molar-refractivity contribution in [2.24, 2.45) is 0 Å². The number of anilines is 1. The maximum Gasteiger partial charge on any atom is 0.131 e. The van der Waals surface area contributed by atoms with E-state index in [0.29, 0.717) is 0 Å². The van der Waals surface area contributed by atoms with E-state index in [1.807, 2.05) is 70.5 Å². The van der Waals surface area contributed by atoms with Crippen LogP contribution in [-0.4, -0.2) is 32.1 Å². The number of hydrogen-bond donors (Lipinski definition) is 2. The van der Waals surface area contributed by atoms with Gasteiger partial charge in [0.15, 0.2) is 0 Å². The van der Waals surface area contributed by atoms with Crippen molar-refractivity contribution in [3.8, 4) is 11.1 Å². The predicted octanol–water partition coefficient (Wildman–Crippen LogP) is 4.12. The Morgan fingerprint density at radius 2 is 1.89 bits per heavy atom. The third kappa shape index (κ3) is 3.85. The number of allylic oxidation sites excluding steroid dienone is 1. The first-order chi connectivity index (χ1) is 13.6. The lowest BCUT2D eigenvalue weighted by Crippen LogP contribution is -2.39. The molecule has 0 radical (unpaired) electrons. The third-order valence-electron chi connectivity index (χ3n) is 4.85. The molecule has 0 aliphatic carbocycles. The number of hydrogen-bond acceptors (Lipinski definition) is 4. The van der Waals surface area contributed by atoms with Crippen molar-refractivity contribution in [1.82, 2.24) is 9.78 Å². The highest BCUT2D eigenvalue weighted by Gasteiger charge is 2.23. The maximum absolute atomic E-state index is 10.1. The molecule has 142 valence electrons. The van der Waals surface area contributed by atoms with Crippen molar-refractivity contribution in [1.29, 1.82) is 0 Å². The van der Waals surface area contributed by atoms with E-state index in [1.165, 1.54) is 5.56 Å². The van der Waals surface area contributed by atoms with E-state index in [2.05, 4.69) is 17.2 Å². The Morgan fingerprint density at radius 1 is 1.07 bits per heavy atom. The van der Waals surface area contributed by atoms with Crippen LogP contribution in [0.5, 0.6) is 0 Å². The number of rotatable bonds is 5. The molecule has 0 saturated heterocycles. The van der Waals surface area contributed by atoms with Crippen molar-refractivity contribution in [2.45, 2.75) is 25.6 Å². The Labute approximate surface area is 164 Å². The van der Waals surface area contributed by atoms with Gasteiger partial charge in [0.1, 0.15) is 5.76 Å². The molecule has 1 aliphatic heterocycles. The summed E-state index contributed by atoms with van der Waals surface area (Å²) in [7, 11) is 0. The van der Waals surface area contributed by atoms with Crippen LogP contribution in [0, 0.1) is 0 Å². The number of aromatic nitrogens is 2. The number of benzene rings is 2. The summed E-state index contributed by atoms with van der Waals surface area (Å²) in [5.74, 6) is 0.165. The van der Waals surface area contributed by atoms with Crippen molar-refractivity contribution < 1.29 is 10.2 Å². The molecular weight excluding hydrogens is 350 g/mol. The second-order valence-electron chi connectivity index (χ2n) is 7.01. The second-order valence-corrected chi connectivity index (χ2v) is 7.01. The third-order valence-corrected chi connectivity index (χ3v) is 4.85. The van der Waals surface area contributed by atoms with Crippen molar-refractivity contribution in [2.75, 3.05) is 4.90 Å². The van der Waals surface area contributed by atoms with Gasteiger partial charge >= 0.3 is 0 Å². The predicted molar refractivity (Wildman–Crippen MR) is 111 cm³/mol. The fraction of sp³-hybridized carbons (Fsp3) is 0.174. The quantitative estimate of drug-likeness (QED) is 0.706. The van der Waals surface area contributed by atoms with Crippen LogP contribution >= 0.6 is 0 Å². The van der Waals surface area contributed by atoms with Gasteiger partial charge in [0.05, 0.1) is 24.9 Å². The highest BCUT2D eigenvalue weighted by molar-refractivity contribution is 5.69. The summed E-state index contributed by atoms with van der Waals surface area (Å²) >= 11 is 0. The van der Waals surface area contributed by atoms with E-state index in [-0.39, 0.29) is 11.8 Å². The molecule has 1 aromatic heterocycles. The topological polar surface area (TPSA) is 61.5 Å². The molecular formula is C23H23N3O2. The molecule has 1 aliphatic rings. The summed E-state index contributed by atoms with van der Waals surface area (Å²) in [6, 6.07) is 18.0. The molecule has 5 nitrogen and oxygen atoms in total. The Balaban J connectivity index is 1.60. The van der Waals surface area contributed by atoms with Gasteiger partial charge in [-0.05, 0) is 36.3 Å². The Morgan fingerprint density at radius 3 is 2.68 bits per heavy atom. The first-order valence-corrected chi connectivity index (χ1v) is 9.32. The van der Waals surface area contributed by atoms with Crippen molar-refractivity contribution in [3.05, 3.63) is 96.7 Å². The van der Waals surface area contributed by atoms with E-state index in [0.717, 1.165) is 23.4 Å². The standard InChI is InChI=1S/C23H23N3O2/c1-17(27)23-11-10-22(28)16-26(23)21-9-5-8-19(12-21)20-13-24-25(15-20)14-18-6-3-2-4-7-18/h2-13,15-17,23,27-28H,14H2,1H3. The SMILES string of the molecule is CC(O)C1C=CC(O)=CN1c1cccc(-c2cnn(Cc3ccccc3)c2)c1. The Hall–Kier alpha value is -3.31. The monoisotopic (exact) mass is 373 g/mol. The Bertz CT molecular complexity index is 1010. The van der Waals surface area contributed by atoms with Gasteiger partial charge in [-0.25, -0.2) is 0 Å². The molecule has 28 heavy (non-hydrogen) atoms. The second kappa shape index (κ2) is 7.74.